The molecule has 4 nitrogen and oxygen atoms in total. The SMILES string of the molecule is CC(C)(C)O.CC1CCN(C=O)C1.CCC1CCCC1.Cc1ccc(C#N)c(Cl)c1. The fourth-order valence-corrected chi connectivity index (χ4v) is 3.47. The number of amides is 1. The van der Waals surface area contributed by atoms with Crippen molar-refractivity contribution in [1.29, 1.82) is 5.26 Å². The Kier molecular flexibility index (Phi) is 14.5. The number of benzene rings is 1. The second kappa shape index (κ2) is 15.3. The van der Waals surface area contributed by atoms with Crippen LogP contribution < -0.4 is 0 Å². The van der Waals surface area contributed by atoms with Crippen molar-refractivity contribution < 1.29 is 9.90 Å². The van der Waals surface area contributed by atoms with E-state index in [1.54, 1.807) is 32.9 Å². The number of nitrogens with zero attached hydrogens (tertiary/aromatic N) is 2. The Balaban J connectivity index is 0.000000385. The van der Waals surface area contributed by atoms with Crippen LogP contribution in [0.2, 0.25) is 5.02 Å². The molecule has 1 saturated heterocycles. The molecule has 1 aliphatic heterocycles. The lowest BCUT2D eigenvalue weighted by atomic mass is 10.1. The third-order valence-corrected chi connectivity index (χ3v) is 5.21. The van der Waals surface area contributed by atoms with Gasteiger partial charge in [0.2, 0.25) is 6.41 Å². The highest BCUT2D eigenvalue weighted by Crippen LogP contribution is 2.26. The van der Waals surface area contributed by atoms with E-state index in [0.29, 0.717) is 10.6 Å². The minimum atomic E-state index is -0.500. The van der Waals surface area contributed by atoms with Gasteiger partial charge in [-0.2, -0.15) is 5.26 Å². The summed E-state index contributed by atoms with van der Waals surface area (Å²) < 4.78 is 0. The number of rotatable bonds is 2. The van der Waals surface area contributed by atoms with Crippen molar-refractivity contribution >= 4 is 18.0 Å². The Bertz CT molecular complexity index is 638. The predicted octanol–water partition coefficient (Wildman–Crippen LogP) is 6.37. The number of halogens is 1. The first kappa shape index (κ1) is 28.4. The van der Waals surface area contributed by atoms with Gasteiger partial charge in [0.25, 0.3) is 0 Å². The zero-order valence-electron chi connectivity index (χ0n) is 19.7. The van der Waals surface area contributed by atoms with Crippen molar-refractivity contribution in [3.8, 4) is 6.07 Å². The highest BCUT2D eigenvalue weighted by atomic mass is 35.5. The molecule has 1 amide bonds. The van der Waals surface area contributed by atoms with Gasteiger partial charge >= 0.3 is 0 Å². The molecule has 0 radical (unpaired) electrons. The molecule has 1 aliphatic carbocycles. The van der Waals surface area contributed by atoms with Crippen LogP contribution in [-0.2, 0) is 4.79 Å². The molecular formula is C25H41ClN2O2. The third kappa shape index (κ3) is 15.3. The van der Waals surface area contributed by atoms with Crippen LogP contribution in [0.3, 0.4) is 0 Å². The Morgan fingerprint density at radius 1 is 1.27 bits per heavy atom. The Labute approximate surface area is 189 Å². The molecule has 1 N–H and O–H groups in total. The van der Waals surface area contributed by atoms with Crippen molar-refractivity contribution in [3.63, 3.8) is 0 Å². The summed E-state index contributed by atoms with van der Waals surface area (Å²) in [5, 5.41) is 17.5. The molecular weight excluding hydrogens is 396 g/mol. The summed E-state index contributed by atoms with van der Waals surface area (Å²) in [6.07, 6.45) is 9.55. The molecule has 1 unspecified atom stereocenters. The fraction of sp³-hybridized carbons (Fsp3) is 0.680. The molecule has 1 saturated carbocycles. The highest BCUT2D eigenvalue weighted by molar-refractivity contribution is 6.31. The number of aryl methyl sites for hydroxylation is 1. The minimum Gasteiger partial charge on any atom is -0.391 e. The summed E-state index contributed by atoms with van der Waals surface area (Å²) >= 11 is 5.71. The van der Waals surface area contributed by atoms with Crippen molar-refractivity contribution in [2.24, 2.45) is 11.8 Å². The molecule has 1 heterocycles. The maximum atomic E-state index is 10.1. The summed E-state index contributed by atoms with van der Waals surface area (Å²) in [6.45, 7) is 13.6. The second-order valence-corrected chi connectivity index (χ2v) is 9.73. The van der Waals surface area contributed by atoms with E-state index in [9.17, 15) is 4.79 Å². The van der Waals surface area contributed by atoms with Crippen molar-refractivity contribution in [3.05, 3.63) is 34.3 Å². The van der Waals surface area contributed by atoms with Crippen LogP contribution in [0, 0.1) is 30.1 Å². The topological polar surface area (TPSA) is 64.3 Å². The first-order valence-electron chi connectivity index (χ1n) is 11.1. The predicted molar refractivity (Wildman–Crippen MR) is 127 cm³/mol. The molecule has 0 bridgehead atoms. The smallest absolute Gasteiger partial charge is 0.209 e. The number of carbonyl (C=O) groups excluding carboxylic acids is 1. The molecule has 2 fully saturated rings. The lowest BCUT2D eigenvalue weighted by Crippen LogP contribution is -2.17. The Hall–Kier alpha value is -1.57. The molecule has 1 atom stereocenters. The molecule has 0 aromatic heterocycles. The van der Waals surface area contributed by atoms with E-state index in [4.69, 9.17) is 22.0 Å². The van der Waals surface area contributed by atoms with Gasteiger partial charge in [0.1, 0.15) is 6.07 Å². The maximum Gasteiger partial charge on any atom is 0.209 e. The van der Waals surface area contributed by atoms with Gasteiger partial charge in [-0.3, -0.25) is 4.79 Å². The summed E-state index contributed by atoms with van der Waals surface area (Å²) in [5.41, 5.74) is 1.11. The van der Waals surface area contributed by atoms with Gasteiger partial charge in [-0.1, -0.05) is 63.6 Å². The van der Waals surface area contributed by atoms with Crippen molar-refractivity contribution in [2.75, 3.05) is 13.1 Å². The summed E-state index contributed by atoms with van der Waals surface area (Å²) in [5.74, 6) is 1.82. The van der Waals surface area contributed by atoms with E-state index in [2.05, 4.69) is 13.8 Å². The average Bonchev–Trinajstić information content (AvgIpc) is 3.33. The van der Waals surface area contributed by atoms with Gasteiger partial charge in [-0.15, -0.1) is 0 Å². The maximum absolute atomic E-state index is 10.1. The van der Waals surface area contributed by atoms with E-state index in [1.807, 2.05) is 24.0 Å². The monoisotopic (exact) mass is 436 g/mol. The van der Waals surface area contributed by atoms with Gasteiger partial charge in [-0.05, 0) is 63.6 Å². The zero-order valence-corrected chi connectivity index (χ0v) is 20.5. The van der Waals surface area contributed by atoms with Gasteiger partial charge in [0, 0.05) is 13.1 Å². The first-order chi connectivity index (χ1) is 14.0. The van der Waals surface area contributed by atoms with Crippen LogP contribution >= 0.6 is 11.6 Å². The van der Waals surface area contributed by atoms with Crippen LogP contribution in [0.4, 0.5) is 0 Å². The second-order valence-electron chi connectivity index (χ2n) is 9.32. The lowest BCUT2D eigenvalue weighted by molar-refractivity contribution is -0.117. The largest absolute Gasteiger partial charge is 0.391 e. The van der Waals surface area contributed by atoms with Crippen molar-refractivity contribution in [2.45, 2.75) is 85.7 Å². The molecule has 0 spiro atoms. The van der Waals surface area contributed by atoms with E-state index < -0.39 is 5.60 Å². The summed E-state index contributed by atoms with van der Waals surface area (Å²) in [7, 11) is 0. The average molecular weight is 437 g/mol. The number of likely N-dealkylation sites (tertiary alicyclic amines) is 1. The highest BCUT2D eigenvalue weighted by Gasteiger charge is 2.15. The van der Waals surface area contributed by atoms with E-state index in [1.165, 1.54) is 38.5 Å². The number of aliphatic hydroxyl groups is 1. The Morgan fingerprint density at radius 3 is 2.13 bits per heavy atom. The third-order valence-electron chi connectivity index (χ3n) is 4.90. The quantitative estimate of drug-likeness (QED) is 0.548. The number of carbonyl (C=O) groups is 1. The number of hydrogen-bond acceptors (Lipinski definition) is 3. The molecule has 170 valence electrons. The first-order valence-corrected chi connectivity index (χ1v) is 11.5. The zero-order chi connectivity index (χ0) is 23.2. The summed E-state index contributed by atoms with van der Waals surface area (Å²) in [6, 6.07) is 7.35. The molecule has 1 aromatic rings. The standard InChI is InChI=1S/C8H6ClN.C7H14.C6H11NO.C4H10O/c1-6-2-3-7(5-10)8(9)4-6;1-2-7-5-3-4-6-7;1-6-2-3-7(4-6)5-8;1-4(2,3)5/h2-4H,1H3;7H,2-6H2,1H3;5-6H,2-4H2,1H3;5H,1-3H3. The fourth-order valence-electron chi connectivity index (χ4n) is 3.19. The molecule has 5 heteroatoms. The van der Waals surface area contributed by atoms with Gasteiger partial charge < -0.3 is 10.0 Å². The van der Waals surface area contributed by atoms with Crippen LogP contribution in [0.1, 0.15) is 84.3 Å². The van der Waals surface area contributed by atoms with E-state index >= 15 is 0 Å². The van der Waals surface area contributed by atoms with Crippen LogP contribution in [-0.4, -0.2) is 35.1 Å². The number of hydrogen-bond donors (Lipinski definition) is 1. The van der Waals surface area contributed by atoms with E-state index in [0.717, 1.165) is 36.9 Å². The minimum absolute atomic E-state index is 0.500. The van der Waals surface area contributed by atoms with E-state index in [-0.39, 0.29) is 0 Å². The molecule has 30 heavy (non-hydrogen) atoms. The normalized spacial score (nSPS) is 18.1. The molecule has 2 aliphatic rings. The van der Waals surface area contributed by atoms with Gasteiger partial charge in [-0.25, -0.2) is 0 Å². The Morgan fingerprint density at radius 2 is 1.83 bits per heavy atom. The van der Waals surface area contributed by atoms with Crippen LogP contribution in [0.5, 0.6) is 0 Å². The van der Waals surface area contributed by atoms with Crippen molar-refractivity contribution in [1.82, 2.24) is 4.90 Å². The van der Waals surface area contributed by atoms with Gasteiger partial charge in [0.15, 0.2) is 0 Å². The van der Waals surface area contributed by atoms with Crippen LogP contribution in [0.25, 0.3) is 0 Å². The van der Waals surface area contributed by atoms with Crippen LogP contribution in [0.15, 0.2) is 18.2 Å². The lowest BCUT2D eigenvalue weighted by Gasteiger charge is -2.04. The number of nitriles is 1. The summed E-state index contributed by atoms with van der Waals surface area (Å²) in [4.78, 5) is 11.9. The van der Waals surface area contributed by atoms with Gasteiger partial charge in [0.05, 0.1) is 16.2 Å². The molecule has 3 rings (SSSR count). The molecule has 1 aromatic carbocycles.